The Labute approximate surface area is 210 Å². The first-order valence-electron chi connectivity index (χ1n) is 12.5. The van der Waals surface area contributed by atoms with Crippen LogP contribution in [0.1, 0.15) is 18.4 Å². The number of benzene rings is 2. The second-order valence-corrected chi connectivity index (χ2v) is 9.57. The van der Waals surface area contributed by atoms with E-state index in [1.165, 1.54) is 23.1 Å². The maximum Gasteiger partial charge on any atom is 0.224 e. The van der Waals surface area contributed by atoms with Gasteiger partial charge in [-0.15, -0.1) is 0 Å². The summed E-state index contributed by atoms with van der Waals surface area (Å²) in [7, 11) is 0. The standard InChI is InChI=1S/C28H32FN5O2/c29-24-5-3-6-25(14-24)36-19-21-13-22(28(35)31-9-4-11-33-12-10-30-20-33)17-34(16-21)18-23-15-32-27-8-2-1-7-26(23)27/h1-3,5-8,10,12,14-15,20-22,32H,4,9,11,13,16-19H2,(H,31,35)/t21-,22+/m0/s1. The number of aromatic amines is 1. The number of halogens is 1. The summed E-state index contributed by atoms with van der Waals surface area (Å²) in [6.45, 7) is 4.16. The van der Waals surface area contributed by atoms with Crippen LogP contribution in [-0.2, 0) is 17.9 Å². The Morgan fingerprint density at radius 3 is 2.97 bits per heavy atom. The van der Waals surface area contributed by atoms with E-state index in [1.54, 1.807) is 24.7 Å². The van der Waals surface area contributed by atoms with Gasteiger partial charge >= 0.3 is 0 Å². The van der Waals surface area contributed by atoms with Crippen molar-refractivity contribution in [3.05, 3.63) is 84.8 Å². The number of aryl methyl sites for hydroxylation is 1. The van der Waals surface area contributed by atoms with Crippen molar-refractivity contribution in [1.82, 2.24) is 24.8 Å². The lowest BCUT2D eigenvalue weighted by molar-refractivity contribution is -0.127. The summed E-state index contributed by atoms with van der Waals surface area (Å²) in [5.41, 5.74) is 2.33. The predicted molar refractivity (Wildman–Crippen MR) is 137 cm³/mol. The van der Waals surface area contributed by atoms with E-state index in [9.17, 15) is 9.18 Å². The van der Waals surface area contributed by atoms with Crippen LogP contribution in [0, 0.1) is 17.7 Å². The van der Waals surface area contributed by atoms with Crippen molar-refractivity contribution >= 4 is 16.8 Å². The number of para-hydroxylation sites is 1. The number of amides is 1. The smallest absolute Gasteiger partial charge is 0.224 e. The Morgan fingerprint density at radius 1 is 1.19 bits per heavy atom. The van der Waals surface area contributed by atoms with Crippen LogP contribution in [0.3, 0.4) is 0 Å². The fourth-order valence-corrected chi connectivity index (χ4v) is 5.05. The van der Waals surface area contributed by atoms with Gasteiger partial charge in [0.2, 0.25) is 5.91 Å². The molecule has 2 aromatic carbocycles. The third kappa shape index (κ3) is 6.12. The molecule has 0 aliphatic carbocycles. The number of rotatable bonds is 10. The average molecular weight is 490 g/mol. The van der Waals surface area contributed by atoms with Crippen LogP contribution >= 0.6 is 0 Å². The van der Waals surface area contributed by atoms with Crippen molar-refractivity contribution in [3.8, 4) is 5.75 Å². The van der Waals surface area contributed by atoms with Crippen LogP contribution in [0.15, 0.2) is 73.4 Å². The summed E-state index contributed by atoms with van der Waals surface area (Å²) in [6.07, 6.45) is 9.12. The second kappa shape index (κ2) is 11.4. The van der Waals surface area contributed by atoms with E-state index in [-0.39, 0.29) is 23.6 Å². The van der Waals surface area contributed by atoms with Crippen molar-refractivity contribution in [2.45, 2.75) is 25.9 Å². The van der Waals surface area contributed by atoms with E-state index >= 15 is 0 Å². The van der Waals surface area contributed by atoms with Gasteiger partial charge in [-0.05, 0) is 36.6 Å². The highest BCUT2D eigenvalue weighted by Gasteiger charge is 2.32. The summed E-state index contributed by atoms with van der Waals surface area (Å²) in [4.78, 5) is 22.9. The van der Waals surface area contributed by atoms with E-state index in [4.69, 9.17) is 4.74 Å². The van der Waals surface area contributed by atoms with Crippen LogP contribution in [0.2, 0.25) is 0 Å². The SMILES string of the molecule is O=C(NCCCn1ccnc1)[C@@H]1C[C@H](COc2cccc(F)c2)CN(Cc2c[nH]c3ccccc23)C1. The topological polar surface area (TPSA) is 75.2 Å². The Morgan fingerprint density at radius 2 is 2.11 bits per heavy atom. The van der Waals surface area contributed by atoms with Crippen molar-refractivity contribution in [2.75, 3.05) is 26.2 Å². The highest BCUT2D eigenvalue weighted by molar-refractivity contribution is 5.83. The van der Waals surface area contributed by atoms with Gasteiger partial charge in [0.15, 0.2) is 0 Å². The van der Waals surface area contributed by atoms with Crippen LogP contribution in [0.25, 0.3) is 10.9 Å². The number of hydrogen-bond donors (Lipinski definition) is 2. The Kier molecular flexibility index (Phi) is 7.61. The largest absolute Gasteiger partial charge is 0.493 e. The first-order chi connectivity index (χ1) is 17.6. The van der Waals surface area contributed by atoms with Gasteiger partial charge in [-0.25, -0.2) is 9.37 Å². The zero-order chi connectivity index (χ0) is 24.7. The lowest BCUT2D eigenvalue weighted by atomic mass is 9.88. The van der Waals surface area contributed by atoms with Gasteiger partial charge < -0.3 is 19.6 Å². The number of carbonyl (C=O) groups excluding carboxylic acids is 1. The van der Waals surface area contributed by atoms with Crippen LogP contribution in [-0.4, -0.2) is 51.6 Å². The number of likely N-dealkylation sites (tertiary alicyclic amines) is 1. The number of nitrogens with zero attached hydrogens (tertiary/aromatic N) is 3. The Hall–Kier alpha value is -3.65. The number of piperidine rings is 1. The van der Waals surface area contributed by atoms with Gasteiger partial charge in [0.1, 0.15) is 11.6 Å². The molecule has 1 aliphatic heterocycles. The molecule has 2 atom stereocenters. The molecular weight excluding hydrogens is 457 g/mol. The minimum Gasteiger partial charge on any atom is -0.493 e. The fraction of sp³-hybridized carbons (Fsp3) is 0.357. The van der Waals surface area contributed by atoms with Crippen LogP contribution in [0.5, 0.6) is 5.75 Å². The van der Waals surface area contributed by atoms with Gasteiger partial charge in [-0.3, -0.25) is 9.69 Å². The summed E-state index contributed by atoms with van der Waals surface area (Å²) >= 11 is 0. The first-order valence-corrected chi connectivity index (χ1v) is 12.5. The molecule has 1 aliphatic rings. The summed E-state index contributed by atoms with van der Waals surface area (Å²) in [5, 5.41) is 4.33. The number of aromatic nitrogens is 3. The van der Waals surface area contributed by atoms with E-state index in [1.807, 2.05) is 22.9 Å². The molecule has 1 amide bonds. The second-order valence-electron chi connectivity index (χ2n) is 9.57. The molecule has 36 heavy (non-hydrogen) atoms. The Balaban J connectivity index is 1.22. The van der Waals surface area contributed by atoms with Crippen molar-refractivity contribution in [2.24, 2.45) is 11.8 Å². The zero-order valence-electron chi connectivity index (χ0n) is 20.3. The minimum atomic E-state index is -0.315. The third-order valence-corrected chi connectivity index (χ3v) is 6.79. The van der Waals surface area contributed by atoms with Crippen LogP contribution < -0.4 is 10.1 Å². The molecule has 2 N–H and O–H groups in total. The molecule has 0 radical (unpaired) electrons. The highest BCUT2D eigenvalue weighted by atomic mass is 19.1. The van der Waals surface area contributed by atoms with E-state index in [2.05, 4.69) is 38.5 Å². The lowest BCUT2D eigenvalue weighted by Crippen LogP contribution is -2.47. The molecule has 0 bridgehead atoms. The number of nitrogens with one attached hydrogen (secondary N) is 2. The maximum atomic E-state index is 13.6. The van der Waals surface area contributed by atoms with E-state index < -0.39 is 0 Å². The summed E-state index contributed by atoms with van der Waals surface area (Å²) < 4.78 is 21.5. The minimum absolute atomic E-state index is 0.0833. The number of imidazole rings is 1. The quantitative estimate of drug-likeness (QED) is 0.327. The molecule has 1 fully saturated rings. The molecule has 2 aromatic heterocycles. The number of fused-ring (bicyclic) bond motifs is 1. The maximum absolute atomic E-state index is 13.6. The third-order valence-electron chi connectivity index (χ3n) is 6.79. The number of ether oxygens (including phenoxy) is 1. The normalized spacial score (nSPS) is 18.4. The van der Waals surface area contributed by atoms with Gasteiger partial charge in [0, 0.05) is 74.2 Å². The van der Waals surface area contributed by atoms with Gasteiger partial charge in [-0.1, -0.05) is 24.3 Å². The molecule has 5 rings (SSSR count). The molecule has 1 saturated heterocycles. The van der Waals surface area contributed by atoms with Crippen molar-refractivity contribution in [3.63, 3.8) is 0 Å². The number of carbonyl (C=O) groups is 1. The zero-order valence-corrected chi connectivity index (χ0v) is 20.3. The van der Waals surface area contributed by atoms with Gasteiger partial charge in [0.25, 0.3) is 0 Å². The predicted octanol–water partition coefficient (Wildman–Crippen LogP) is 4.23. The van der Waals surface area contributed by atoms with Crippen molar-refractivity contribution < 1.29 is 13.9 Å². The molecule has 188 valence electrons. The Bertz CT molecular complexity index is 1270. The van der Waals surface area contributed by atoms with Gasteiger partial charge in [0.05, 0.1) is 18.9 Å². The molecule has 3 heterocycles. The summed E-state index contributed by atoms with van der Waals surface area (Å²) in [6, 6.07) is 14.5. The average Bonchev–Trinajstić information content (AvgIpc) is 3.56. The molecule has 0 spiro atoms. The van der Waals surface area contributed by atoms with Crippen molar-refractivity contribution in [1.29, 1.82) is 0 Å². The molecule has 7 nitrogen and oxygen atoms in total. The summed E-state index contributed by atoms with van der Waals surface area (Å²) in [5.74, 6) is 0.321. The molecular formula is C28H32FN5O2. The number of hydrogen-bond acceptors (Lipinski definition) is 4. The van der Waals surface area contributed by atoms with Gasteiger partial charge in [-0.2, -0.15) is 0 Å². The number of H-pyrrole nitrogens is 1. The molecule has 8 heteroatoms. The molecule has 0 saturated carbocycles. The van der Waals surface area contributed by atoms with Crippen LogP contribution in [0.4, 0.5) is 4.39 Å². The highest BCUT2D eigenvalue weighted by Crippen LogP contribution is 2.27. The first kappa shape index (κ1) is 24.1. The molecule has 4 aromatic rings. The lowest BCUT2D eigenvalue weighted by Gasteiger charge is -2.37. The fourth-order valence-electron chi connectivity index (χ4n) is 5.05. The van der Waals surface area contributed by atoms with E-state index in [0.29, 0.717) is 25.4 Å². The molecule has 0 unspecified atom stereocenters. The monoisotopic (exact) mass is 489 g/mol. The van der Waals surface area contributed by atoms with E-state index in [0.717, 1.165) is 38.0 Å².